The molecule has 1 aromatic heterocycles. The molecular formula is C14H12N2O5. The Labute approximate surface area is 120 Å². The second-order valence-electron chi connectivity index (χ2n) is 4.46. The van der Waals surface area contributed by atoms with Crippen LogP contribution in [0.5, 0.6) is 11.5 Å². The summed E-state index contributed by atoms with van der Waals surface area (Å²) in [6.07, 6.45) is 1.16. The highest BCUT2D eigenvalue weighted by Gasteiger charge is 2.19. The Morgan fingerprint density at radius 3 is 2.62 bits per heavy atom. The van der Waals surface area contributed by atoms with Gasteiger partial charge in [-0.3, -0.25) is 15.1 Å². The zero-order valence-electron chi connectivity index (χ0n) is 11.4. The number of nitrogens with zero attached hydrogens (tertiary/aromatic N) is 2. The fraction of sp³-hybridized carbons (Fsp3) is 0.143. The number of ether oxygens (including phenoxy) is 1. The third-order valence-corrected chi connectivity index (χ3v) is 2.77. The van der Waals surface area contributed by atoms with Gasteiger partial charge < -0.3 is 9.84 Å². The molecule has 1 heterocycles. The molecule has 2 aromatic rings. The van der Waals surface area contributed by atoms with E-state index in [0.29, 0.717) is 5.69 Å². The SMILES string of the molecule is Cc1ccc([N+](=O)[O-])c(Oc2cc(C)ncc2C(=O)O)c1. The molecule has 0 saturated heterocycles. The average Bonchev–Trinajstić information content (AvgIpc) is 2.38. The number of hydrogen-bond donors (Lipinski definition) is 1. The van der Waals surface area contributed by atoms with Gasteiger partial charge in [0.05, 0.1) is 4.92 Å². The van der Waals surface area contributed by atoms with Gasteiger partial charge in [0.25, 0.3) is 0 Å². The predicted molar refractivity (Wildman–Crippen MR) is 73.8 cm³/mol. The first-order chi connectivity index (χ1) is 9.88. The number of pyridine rings is 1. The summed E-state index contributed by atoms with van der Waals surface area (Å²) < 4.78 is 5.46. The van der Waals surface area contributed by atoms with E-state index in [0.717, 1.165) is 11.8 Å². The Morgan fingerprint density at radius 2 is 2.00 bits per heavy atom. The van der Waals surface area contributed by atoms with Crippen LogP contribution < -0.4 is 4.74 Å². The second-order valence-corrected chi connectivity index (χ2v) is 4.46. The zero-order chi connectivity index (χ0) is 15.6. The van der Waals surface area contributed by atoms with E-state index >= 15 is 0 Å². The van der Waals surface area contributed by atoms with E-state index in [1.165, 1.54) is 18.2 Å². The zero-order valence-corrected chi connectivity index (χ0v) is 11.4. The molecule has 21 heavy (non-hydrogen) atoms. The topological polar surface area (TPSA) is 103 Å². The molecular weight excluding hydrogens is 276 g/mol. The Kier molecular flexibility index (Phi) is 3.84. The van der Waals surface area contributed by atoms with E-state index in [4.69, 9.17) is 9.84 Å². The van der Waals surface area contributed by atoms with Gasteiger partial charge in [-0.15, -0.1) is 0 Å². The van der Waals surface area contributed by atoms with E-state index in [-0.39, 0.29) is 22.7 Å². The minimum Gasteiger partial charge on any atom is -0.477 e. The number of benzene rings is 1. The molecule has 108 valence electrons. The summed E-state index contributed by atoms with van der Waals surface area (Å²) in [5.41, 5.74) is 0.923. The molecule has 7 heteroatoms. The first-order valence-corrected chi connectivity index (χ1v) is 6.01. The summed E-state index contributed by atoms with van der Waals surface area (Å²) in [6.45, 7) is 3.43. The van der Waals surface area contributed by atoms with E-state index in [1.807, 2.05) is 0 Å². The Morgan fingerprint density at radius 1 is 1.29 bits per heavy atom. The van der Waals surface area contributed by atoms with Gasteiger partial charge in [-0.2, -0.15) is 0 Å². The van der Waals surface area contributed by atoms with Gasteiger partial charge in [0, 0.05) is 24.0 Å². The van der Waals surface area contributed by atoms with Crippen molar-refractivity contribution in [2.24, 2.45) is 0 Å². The lowest BCUT2D eigenvalue weighted by Crippen LogP contribution is -2.03. The largest absolute Gasteiger partial charge is 0.477 e. The first kappa shape index (κ1) is 14.4. The van der Waals surface area contributed by atoms with Crippen molar-refractivity contribution >= 4 is 11.7 Å². The predicted octanol–water partition coefficient (Wildman–Crippen LogP) is 3.10. The van der Waals surface area contributed by atoms with Crippen LogP contribution in [0.25, 0.3) is 0 Å². The van der Waals surface area contributed by atoms with Crippen molar-refractivity contribution in [1.29, 1.82) is 0 Å². The van der Waals surface area contributed by atoms with Crippen LogP contribution >= 0.6 is 0 Å². The van der Waals surface area contributed by atoms with Gasteiger partial charge in [-0.25, -0.2) is 4.79 Å². The van der Waals surface area contributed by atoms with Gasteiger partial charge in [-0.05, 0) is 25.5 Å². The molecule has 0 aliphatic rings. The summed E-state index contributed by atoms with van der Waals surface area (Å²) in [5, 5.41) is 20.1. The number of carbonyl (C=O) groups is 1. The van der Waals surface area contributed by atoms with Gasteiger partial charge >= 0.3 is 11.7 Å². The number of carboxylic acid groups (broad SMARTS) is 1. The molecule has 2 rings (SSSR count). The van der Waals surface area contributed by atoms with Crippen molar-refractivity contribution < 1.29 is 19.6 Å². The third-order valence-electron chi connectivity index (χ3n) is 2.77. The molecule has 0 atom stereocenters. The number of hydrogen-bond acceptors (Lipinski definition) is 5. The molecule has 0 fully saturated rings. The summed E-state index contributed by atoms with van der Waals surface area (Å²) in [7, 11) is 0. The highest BCUT2D eigenvalue weighted by atomic mass is 16.6. The van der Waals surface area contributed by atoms with Crippen molar-refractivity contribution in [2.45, 2.75) is 13.8 Å². The summed E-state index contributed by atoms with van der Waals surface area (Å²) in [6, 6.07) is 5.81. The van der Waals surface area contributed by atoms with Crippen molar-refractivity contribution in [2.75, 3.05) is 0 Å². The van der Waals surface area contributed by atoms with Crippen molar-refractivity contribution in [3.63, 3.8) is 0 Å². The normalized spacial score (nSPS) is 10.2. The third kappa shape index (κ3) is 3.14. The van der Waals surface area contributed by atoms with Gasteiger partial charge in [0.15, 0.2) is 0 Å². The van der Waals surface area contributed by atoms with Crippen LogP contribution in [0.1, 0.15) is 21.6 Å². The quantitative estimate of drug-likeness (QED) is 0.685. The van der Waals surface area contributed by atoms with Crippen LogP contribution in [-0.4, -0.2) is 21.0 Å². The molecule has 1 aromatic carbocycles. The van der Waals surface area contributed by atoms with Gasteiger partial charge in [-0.1, -0.05) is 6.07 Å². The number of aromatic carboxylic acids is 1. The summed E-state index contributed by atoms with van der Waals surface area (Å²) in [4.78, 5) is 25.5. The molecule has 0 spiro atoms. The smallest absolute Gasteiger partial charge is 0.341 e. The fourth-order valence-electron chi connectivity index (χ4n) is 1.75. The van der Waals surface area contributed by atoms with Crippen molar-refractivity contribution in [3.8, 4) is 11.5 Å². The summed E-state index contributed by atoms with van der Waals surface area (Å²) in [5.74, 6) is -1.20. The van der Waals surface area contributed by atoms with Crippen molar-refractivity contribution in [3.05, 3.63) is 57.4 Å². The molecule has 0 bridgehead atoms. The van der Waals surface area contributed by atoms with E-state index < -0.39 is 10.9 Å². The molecule has 0 aliphatic heterocycles. The lowest BCUT2D eigenvalue weighted by Gasteiger charge is -2.10. The van der Waals surface area contributed by atoms with Crippen LogP contribution in [0.15, 0.2) is 30.5 Å². The van der Waals surface area contributed by atoms with Crippen molar-refractivity contribution in [1.82, 2.24) is 4.98 Å². The van der Waals surface area contributed by atoms with Crippen LogP contribution in [0.3, 0.4) is 0 Å². The number of aromatic nitrogens is 1. The van der Waals surface area contributed by atoms with Gasteiger partial charge in [0.1, 0.15) is 11.3 Å². The summed E-state index contributed by atoms with van der Waals surface area (Å²) >= 11 is 0. The molecule has 7 nitrogen and oxygen atoms in total. The molecule has 0 unspecified atom stereocenters. The van der Waals surface area contributed by atoms with E-state index in [2.05, 4.69) is 4.98 Å². The van der Waals surface area contributed by atoms with Crippen LogP contribution in [0, 0.1) is 24.0 Å². The lowest BCUT2D eigenvalue weighted by atomic mass is 10.2. The average molecular weight is 288 g/mol. The maximum Gasteiger partial charge on any atom is 0.341 e. The maximum atomic E-state index is 11.2. The monoisotopic (exact) mass is 288 g/mol. The van der Waals surface area contributed by atoms with Crippen LogP contribution in [-0.2, 0) is 0 Å². The minimum absolute atomic E-state index is 0.00639. The molecule has 1 N–H and O–H groups in total. The number of carboxylic acids is 1. The minimum atomic E-state index is -1.21. The maximum absolute atomic E-state index is 11.2. The highest BCUT2D eigenvalue weighted by molar-refractivity contribution is 5.90. The molecule has 0 radical (unpaired) electrons. The number of aryl methyl sites for hydroxylation is 2. The molecule has 0 amide bonds. The number of nitro benzene ring substituents is 1. The lowest BCUT2D eigenvalue weighted by molar-refractivity contribution is -0.385. The molecule has 0 aliphatic carbocycles. The highest BCUT2D eigenvalue weighted by Crippen LogP contribution is 2.33. The Balaban J connectivity index is 2.52. The van der Waals surface area contributed by atoms with Crippen LogP contribution in [0.4, 0.5) is 5.69 Å². The first-order valence-electron chi connectivity index (χ1n) is 6.01. The Hall–Kier alpha value is -2.96. The second kappa shape index (κ2) is 5.58. The molecule has 0 saturated carbocycles. The van der Waals surface area contributed by atoms with Crippen LogP contribution in [0.2, 0.25) is 0 Å². The number of rotatable bonds is 4. The fourth-order valence-corrected chi connectivity index (χ4v) is 1.75. The van der Waals surface area contributed by atoms with E-state index in [9.17, 15) is 14.9 Å². The van der Waals surface area contributed by atoms with Gasteiger partial charge in [0.2, 0.25) is 5.75 Å². The Bertz CT molecular complexity index is 666. The number of nitro groups is 1. The van der Waals surface area contributed by atoms with E-state index in [1.54, 1.807) is 19.9 Å². The standard InChI is InChI=1S/C14H12N2O5/c1-8-3-4-11(16(19)20)13(5-8)21-12-6-9(2)15-7-10(12)14(17)18/h3-7H,1-2H3,(H,17,18).